The first-order valence-corrected chi connectivity index (χ1v) is 6.76. The zero-order chi connectivity index (χ0) is 15.2. The van der Waals surface area contributed by atoms with Gasteiger partial charge in [0.1, 0.15) is 0 Å². The van der Waals surface area contributed by atoms with Crippen molar-refractivity contribution < 1.29 is 9.18 Å². The molecule has 0 atom stereocenters. The van der Waals surface area contributed by atoms with Crippen molar-refractivity contribution in [3.63, 3.8) is 0 Å². The van der Waals surface area contributed by atoms with Gasteiger partial charge in [-0.1, -0.05) is 0 Å². The monoisotopic (exact) mass is 291 g/mol. The molecular formula is C14H18FN5O. The number of amides is 1. The minimum Gasteiger partial charge on any atom is -0.368 e. The van der Waals surface area contributed by atoms with Crippen molar-refractivity contribution in [2.75, 3.05) is 18.4 Å². The van der Waals surface area contributed by atoms with E-state index in [4.69, 9.17) is 0 Å². The van der Waals surface area contributed by atoms with E-state index in [9.17, 15) is 9.18 Å². The van der Waals surface area contributed by atoms with E-state index in [1.165, 1.54) is 12.3 Å². The van der Waals surface area contributed by atoms with E-state index in [1.807, 2.05) is 20.2 Å². The van der Waals surface area contributed by atoms with Crippen molar-refractivity contribution in [1.82, 2.24) is 20.1 Å². The van der Waals surface area contributed by atoms with Gasteiger partial charge in [-0.15, -0.1) is 0 Å². The van der Waals surface area contributed by atoms with Gasteiger partial charge in [0, 0.05) is 32.5 Å². The topological polar surface area (TPSA) is 71.8 Å². The summed E-state index contributed by atoms with van der Waals surface area (Å²) in [5.41, 5.74) is 1.01. The zero-order valence-electron chi connectivity index (χ0n) is 12.1. The molecule has 0 fully saturated rings. The molecule has 0 spiro atoms. The lowest BCUT2D eigenvalue weighted by molar-refractivity contribution is 0.0950. The van der Waals surface area contributed by atoms with Crippen LogP contribution < -0.4 is 10.6 Å². The van der Waals surface area contributed by atoms with E-state index < -0.39 is 11.7 Å². The molecule has 0 bridgehead atoms. The molecule has 0 saturated heterocycles. The van der Waals surface area contributed by atoms with Crippen LogP contribution in [-0.4, -0.2) is 33.8 Å². The first-order valence-electron chi connectivity index (χ1n) is 6.76. The average Bonchev–Trinajstić information content (AvgIpc) is 2.87. The number of hydrogen-bond donors (Lipinski definition) is 2. The van der Waals surface area contributed by atoms with Gasteiger partial charge >= 0.3 is 0 Å². The van der Waals surface area contributed by atoms with Crippen LogP contribution in [0.5, 0.6) is 0 Å². The molecule has 2 rings (SSSR count). The number of aryl methyl sites for hydroxylation is 1. The third-order valence-corrected chi connectivity index (χ3v) is 2.94. The predicted octanol–water partition coefficient (Wildman–Crippen LogP) is 1.36. The van der Waals surface area contributed by atoms with Crippen molar-refractivity contribution in [3.8, 4) is 0 Å². The summed E-state index contributed by atoms with van der Waals surface area (Å²) in [7, 11) is 1.83. The standard InChI is InChI=1S/C14H18FN5O/c1-3-16-13-12(15)11(5-7-17-13)14(21)18-6-4-10-8-19-20(2)9-10/h5,7-9H,3-4,6H2,1-2H3,(H,16,17)(H,18,21). The average molecular weight is 291 g/mol. The number of carbonyl (C=O) groups excluding carboxylic acids is 1. The Labute approximate surface area is 122 Å². The molecule has 0 radical (unpaired) electrons. The minimum absolute atomic E-state index is 0.00728. The predicted molar refractivity (Wildman–Crippen MR) is 77.6 cm³/mol. The Morgan fingerprint density at radius 1 is 1.48 bits per heavy atom. The van der Waals surface area contributed by atoms with Gasteiger partial charge in [0.2, 0.25) is 0 Å². The first-order chi connectivity index (χ1) is 10.1. The lowest BCUT2D eigenvalue weighted by Crippen LogP contribution is -2.27. The summed E-state index contributed by atoms with van der Waals surface area (Å²) in [4.78, 5) is 15.9. The molecule has 21 heavy (non-hydrogen) atoms. The third kappa shape index (κ3) is 3.77. The van der Waals surface area contributed by atoms with Crippen LogP contribution in [-0.2, 0) is 13.5 Å². The number of nitrogens with one attached hydrogen (secondary N) is 2. The maximum atomic E-state index is 14.1. The van der Waals surface area contributed by atoms with E-state index in [1.54, 1.807) is 10.9 Å². The normalized spacial score (nSPS) is 10.4. The molecule has 0 aliphatic heterocycles. The van der Waals surface area contributed by atoms with Crippen LogP contribution in [0.3, 0.4) is 0 Å². The van der Waals surface area contributed by atoms with Gasteiger partial charge < -0.3 is 10.6 Å². The number of aromatic nitrogens is 3. The molecule has 1 amide bonds. The Hall–Kier alpha value is -2.44. The second kappa shape index (κ2) is 6.83. The highest BCUT2D eigenvalue weighted by atomic mass is 19.1. The fourth-order valence-electron chi connectivity index (χ4n) is 1.93. The lowest BCUT2D eigenvalue weighted by Gasteiger charge is -2.08. The van der Waals surface area contributed by atoms with Gasteiger partial charge in [0.05, 0.1) is 11.8 Å². The molecule has 2 aromatic heterocycles. The van der Waals surface area contributed by atoms with Gasteiger partial charge in [-0.05, 0) is 25.0 Å². The van der Waals surface area contributed by atoms with Crippen LogP contribution in [0.25, 0.3) is 0 Å². The van der Waals surface area contributed by atoms with Crippen molar-refractivity contribution >= 4 is 11.7 Å². The lowest BCUT2D eigenvalue weighted by atomic mass is 10.2. The van der Waals surface area contributed by atoms with Crippen molar-refractivity contribution in [3.05, 3.63) is 41.6 Å². The number of nitrogens with zero attached hydrogens (tertiary/aromatic N) is 3. The second-order valence-corrected chi connectivity index (χ2v) is 4.58. The van der Waals surface area contributed by atoms with Crippen LogP contribution in [0.4, 0.5) is 10.2 Å². The molecule has 6 nitrogen and oxygen atoms in total. The van der Waals surface area contributed by atoms with Crippen LogP contribution in [0, 0.1) is 5.82 Å². The Balaban J connectivity index is 1.95. The highest BCUT2D eigenvalue weighted by Crippen LogP contribution is 2.14. The number of pyridine rings is 1. The fourth-order valence-corrected chi connectivity index (χ4v) is 1.93. The van der Waals surface area contributed by atoms with Crippen LogP contribution >= 0.6 is 0 Å². The molecule has 7 heteroatoms. The third-order valence-electron chi connectivity index (χ3n) is 2.94. The second-order valence-electron chi connectivity index (χ2n) is 4.58. The molecule has 0 aliphatic rings. The molecule has 112 valence electrons. The largest absolute Gasteiger partial charge is 0.368 e. The summed E-state index contributed by atoms with van der Waals surface area (Å²) in [5.74, 6) is -0.978. The summed E-state index contributed by atoms with van der Waals surface area (Å²) in [6.07, 6.45) is 5.67. The maximum Gasteiger partial charge on any atom is 0.254 e. The van der Waals surface area contributed by atoms with Crippen molar-refractivity contribution in [1.29, 1.82) is 0 Å². The molecular weight excluding hydrogens is 273 g/mol. The molecule has 2 N–H and O–H groups in total. The Bertz CT molecular complexity index is 626. The molecule has 0 aliphatic carbocycles. The van der Waals surface area contributed by atoms with Crippen LogP contribution in [0.15, 0.2) is 24.7 Å². The van der Waals surface area contributed by atoms with Crippen molar-refractivity contribution in [2.45, 2.75) is 13.3 Å². The minimum atomic E-state index is -0.627. The number of carbonyl (C=O) groups is 1. The van der Waals surface area contributed by atoms with Crippen molar-refractivity contribution in [2.24, 2.45) is 7.05 Å². The number of halogens is 1. The van der Waals surface area contributed by atoms with Crippen LogP contribution in [0.1, 0.15) is 22.8 Å². The van der Waals surface area contributed by atoms with E-state index in [-0.39, 0.29) is 11.4 Å². The first kappa shape index (κ1) is 15.0. The number of rotatable bonds is 6. The molecule has 0 saturated carbocycles. The molecule has 0 unspecified atom stereocenters. The summed E-state index contributed by atoms with van der Waals surface area (Å²) in [5, 5.41) is 9.52. The highest BCUT2D eigenvalue weighted by Gasteiger charge is 2.15. The van der Waals surface area contributed by atoms with Gasteiger partial charge in [-0.3, -0.25) is 9.48 Å². The Kier molecular flexibility index (Phi) is 4.86. The quantitative estimate of drug-likeness (QED) is 0.843. The summed E-state index contributed by atoms with van der Waals surface area (Å²) in [6, 6.07) is 1.37. The van der Waals surface area contributed by atoms with E-state index in [0.29, 0.717) is 19.5 Å². The fraction of sp³-hybridized carbons (Fsp3) is 0.357. The summed E-state index contributed by atoms with van der Waals surface area (Å²) in [6.45, 7) is 2.79. The van der Waals surface area contributed by atoms with Gasteiger partial charge in [-0.25, -0.2) is 9.37 Å². The maximum absolute atomic E-state index is 14.1. The van der Waals surface area contributed by atoms with Gasteiger partial charge in [-0.2, -0.15) is 5.10 Å². The van der Waals surface area contributed by atoms with E-state index >= 15 is 0 Å². The zero-order valence-corrected chi connectivity index (χ0v) is 12.1. The Morgan fingerprint density at radius 2 is 2.29 bits per heavy atom. The number of anilines is 1. The van der Waals surface area contributed by atoms with E-state index in [0.717, 1.165) is 5.56 Å². The van der Waals surface area contributed by atoms with Gasteiger partial charge in [0.15, 0.2) is 11.6 Å². The number of hydrogen-bond acceptors (Lipinski definition) is 4. The van der Waals surface area contributed by atoms with E-state index in [2.05, 4.69) is 20.7 Å². The van der Waals surface area contributed by atoms with Gasteiger partial charge in [0.25, 0.3) is 5.91 Å². The molecule has 0 aromatic carbocycles. The molecule has 2 heterocycles. The summed E-state index contributed by atoms with van der Waals surface area (Å²) >= 11 is 0. The Morgan fingerprint density at radius 3 is 2.95 bits per heavy atom. The highest BCUT2D eigenvalue weighted by molar-refractivity contribution is 5.95. The summed E-state index contributed by atoms with van der Waals surface area (Å²) < 4.78 is 15.8. The molecule has 2 aromatic rings. The van der Waals surface area contributed by atoms with Crippen LogP contribution in [0.2, 0.25) is 0 Å². The smallest absolute Gasteiger partial charge is 0.254 e. The SMILES string of the molecule is CCNc1nccc(C(=O)NCCc2cnn(C)c2)c1F.